The lowest BCUT2D eigenvalue weighted by Gasteiger charge is -2.33. The molecule has 0 saturated carbocycles. The van der Waals surface area contributed by atoms with Gasteiger partial charge in [-0.2, -0.15) is 0 Å². The fourth-order valence-corrected chi connectivity index (χ4v) is 9.05. The molecule has 0 bridgehead atoms. The van der Waals surface area contributed by atoms with Crippen LogP contribution in [0.15, 0.2) is 102 Å². The molecule has 4 aromatic carbocycles. The van der Waals surface area contributed by atoms with Crippen molar-refractivity contribution >= 4 is 34.3 Å². The van der Waals surface area contributed by atoms with Gasteiger partial charge in [-0.25, -0.2) is 4.39 Å². The Morgan fingerprint density at radius 3 is 2.35 bits per heavy atom. The second-order valence-corrected chi connectivity index (χ2v) is 15.7. The van der Waals surface area contributed by atoms with Crippen LogP contribution in [0.2, 0.25) is 0 Å². The van der Waals surface area contributed by atoms with Crippen molar-refractivity contribution < 1.29 is 4.39 Å². The lowest BCUT2D eigenvalue weighted by Crippen LogP contribution is -2.19. The number of hydrogen-bond acceptors (Lipinski definition) is 1. The maximum atomic E-state index is 16.9. The molecule has 0 radical (unpaired) electrons. The summed E-state index contributed by atoms with van der Waals surface area (Å²) in [5.74, 6) is -0.202. The van der Waals surface area contributed by atoms with Gasteiger partial charge in [0.25, 0.3) is 0 Å². The van der Waals surface area contributed by atoms with E-state index in [9.17, 15) is 0 Å². The maximum Gasteiger partial charge on any atom is 0.147 e. The quantitative estimate of drug-likeness (QED) is 0.189. The number of halogens is 1. The van der Waals surface area contributed by atoms with Crippen LogP contribution >= 0.6 is 0 Å². The SMILES string of the molecule is CCCC1=C(c2ccc(N(c3ccc(C4=CCCC=C4)cc3F)c3cc4c(c5c3CCC=C5)-c3ccc(C)cc3C4(C)C)cc2C)C=C(C)CC1. The van der Waals surface area contributed by atoms with Crippen LogP contribution in [-0.2, 0) is 11.8 Å². The van der Waals surface area contributed by atoms with Crippen molar-refractivity contribution in [1.82, 2.24) is 0 Å². The van der Waals surface area contributed by atoms with Crippen molar-refractivity contribution in [3.8, 4) is 11.1 Å². The molecule has 258 valence electrons. The minimum Gasteiger partial charge on any atom is -0.307 e. The second-order valence-electron chi connectivity index (χ2n) is 15.7. The van der Waals surface area contributed by atoms with Gasteiger partial charge in [-0.05, 0) is 157 Å². The van der Waals surface area contributed by atoms with E-state index in [0.717, 1.165) is 73.9 Å². The number of allylic oxidation sites excluding steroid dienone is 9. The minimum absolute atomic E-state index is 0.188. The van der Waals surface area contributed by atoms with Crippen molar-refractivity contribution in [2.24, 2.45) is 0 Å². The summed E-state index contributed by atoms with van der Waals surface area (Å²) in [7, 11) is 0. The van der Waals surface area contributed by atoms with E-state index in [-0.39, 0.29) is 11.2 Å². The van der Waals surface area contributed by atoms with Crippen LogP contribution in [0.25, 0.3) is 28.3 Å². The van der Waals surface area contributed by atoms with Crippen molar-refractivity contribution in [1.29, 1.82) is 0 Å². The molecule has 0 unspecified atom stereocenters. The Morgan fingerprint density at radius 2 is 1.59 bits per heavy atom. The highest BCUT2D eigenvalue weighted by Crippen LogP contribution is 2.55. The summed E-state index contributed by atoms with van der Waals surface area (Å²) in [6.07, 6.45) is 22.1. The van der Waals surface area contributed by atoms with E-state index < -0.39 is 0 Å². The fraction of sp³-hybridized carbons (Fsp3) is 0.306. The molecule has 0 aromatic heterocycles. The van der Waals surface area contributed by atoms with Crippen LogP contribution in [-0.4, -0.2) is 0 Å². The van der Waals surface area contributed by atoms with Gasteiger partial charge >= 0.3 is 0 Å². The third-order valence-corrected chi connectivity index (χ3v) is 11.8. The van der Waals surface area contributed by atoms with E-state index in [0.29, 0.717) is 5.69 Å². The number of fused-ring (bicyclic) bond motifs is 5. The minimum atomic E-state index is -0.202. The first kappa shape index (κ1) is 33.5. The molecule has 8 rings (SSSR count). The highest BCUT2D eigenvalue weighted by molar-refractivity contribution is 5.95. The molecule has 0 spiro atoms. The normalized spacial score (nSPS) is 17.2. The Bertz CT molecular complexity index is 2230. The summed E-state index contributed by atoms with van der Waals surface area (Å²) in [6, 6.07) is 22.0. The molecule has 4 aliphatic carbocycles. The highest BCUT2D eigenvalue weighted by Gasteiger charge is 2.39. The smallest absolute Gasteiger partial charge is 0.147 e. The largest absolute Gasteiger partial charge is 0.307 e. The number of nitrogens with zero attached hydrogens (tertiary/aromatic N) is 1. The maximum absolute atomic E-state index is 16.9. The topological polar surface area (TPSA) is 3.24 Å². The first-order valence-corrected chi connectivity index (χ1v) is 19.1. The van der Waals surface area contributed by atoms with E-state index in [4.69, 9.17) is 0 Å². The van der Waals surface area contributed by atoms with Gasteiger partial charge in [0.1, 0.15) is 5.82 Å². The van der Waals surface area contributed by atoms with Gasteiger partial charge in [-0.15, -0.1) is 0 Å². The molecule has 0 fully saturated rings. The zero-order valence-corrected chi connectivity index (χ0v) is 31.2. The van der Waals surface area contributed by atoms with Gasteiger partial charge < -0.3 is 4.90 Å². The lowest BCUT2D eigenvalue weighted by molar-refractivity contribution is 0.628. The predicted octanol–water partition coefficient (Wildman–Crippen LogP) is 14.2. The van der Waals surface area contributed by atoms with Crippen molar-refractivity contribution in [2.45, 2.75) is 98.3 Å². The Balaban J connectivity index is 1.35. The monoisotopic (exact) mass is 671 g/mol. The van der Waals surface area contributed by atoms with Crippen molar-refractivity contribution in [3.05, 3.63) is 153 Å². The molecular weight excluding hydrogens is 622 g/mol. The number of benzene rings is 4. The van der Waals surface area contributed by atoms with Crippen LogP contribution in [0, 0.1) is 19.7 Å². The molecule has 0 N–H and O–H groups in total. The van der Waals surface area contributed by atoms with E-state index in [1.807, 2.05) is 6.07 Å². The van der Waals surface area contributed by atoms with E-state index in [2.05, 4.69) is 131 Å². The molecule has 4 aromatic rings. The highest BCUT2D eigenvalue weighted by atomic mass is 19.1. The number of aryl methyl sites for hydroxylation is 2. The molecule has 51 heavy (non-hydrogen) atoms. The van der Waals surface area contributed by atoms with Gasteiger partial charge in [0.2, 0.25) is 0 Å². The average molecular weight is 672 g/mol. The summed E-state index contributed by atoms with van der Waals surface area (Å²) in [4.78, 5) is 2.23. The van der Waals surface area contributed by atoms with Gasteiger partial charge in [0.15, 0.2) is 0 Å². The zero-order valence-electron chi connectivity index (χ0n) is 31.2. The van der Waals surface area contributed by atoms with Gasteiger partial charge in [-0.3, -0.25) is 0 Å². The summed E-state index contributed by atoms with van der Waals surface area (Å²) < 4.78 is 16.9. The molecule has 1 nitrogen and oxygen atoms in total. The molecule has 0 aliphatic heterocycles. The van der Waals surface area contributed by atoms with Gasteiger partial charge in [0, 0.05) is 11.1 Å². The Kier molecular flexibility index (Phi) is 8.61. The third-order valence-electron chi connectivity index (χ3n) is 11.8. The fourth-order valence-electron chi connectivity index (χ4n) is 9.05. The predicted molar refractivity (Wildman–Crippen MR) is 217 cm³/mol. The van der Waals surface area contributed by atoms with Gasteiger partial charge in [0.05, 0.1) is 11.4 Å². The summed E-state index contributed by atoms with van der Waals surface area (Å²) >= 11 is 0. The van der Waals surface area contributed by atoms with Crippen molar-refractivity contribution in [3.63, 3.8) is 0 Å². The molecule has 0 atom stereocenters. The summed E-state index contributed by atoms with van der Waals surface area (Å²) in [5.41, 5.74) is 20.6. The Labute approximate surface area is 304 Å². The standard InChI is InChI=1S/C49H50FN/c1-7-13-35-20-18-31(2)26-42(35)38-24-22-37(28-33(38)4)51(46-25-21-36(29-45(46)50)34-14-9-8-10-15-34)47-30-44-48(40-17-12-11-16-39(40)47)41-23-19-32(3)27-43(41)49(44,5)6/h9,12,14-15,17,19,21-30H,7-8,10-11,13,16,18,20H2,1-6H3. The number of anilines is 3. The Morgan fingerprint density at radius 1 is 0.765 bits per heavy atom. The molecule has 2 heteroatoms. The lowest BCUT2D eigenvalue weighted by atomic mass is 9.80. The third kappa shape index (κ3) is 5.78. The van der Waals surface area contributed by atoms with E-state index in [1.54, 1.807) is 11.6 Å². The molecular formula is C49H50FN. The number of rotatable bonds is 7. The van der Waals surface area contributed by atoms with E-state index in [1.165, 1.54) is 61.2 Å². The van der Waals surface area contributed by atoms with Crippen LogP contribution in [0.4, 0.5) is 21.5 Å². The molecule has 0 amide bonds. The van der Waals surface area contributed by atoms with Crippen LogP contribution in [0.5, 0.6) is 0 Å². The molecule has 0 saturated heterocycles. The van der Waals surface area contributed by atoms with Crippen LogP contribution in [0.1, 0.15) is 117 Å². The van der Waals surface area contributed by atoms with E-state index >= 15 is 4.39 Å². The molecule has 4 aliphatic rings. The van der Waals surface area contributed by atoms with Crippen LogP contribution in [0.3, 0.4) is 0 Å². The second kappa shape index (κ2) is 13.1. The summed E-state index contributed by atoms with van der Waals surface area (Å²) in [5, 5.41) is 0. The summed E-state index contributed by atoms with van der Waals surface area (Å²) in [6.45, 7) is 13.7. The van der Waals surface area contributed by atoms with Crippen molar-refractivity contribution in [2.75, 3.05) is 4.90 Å². The first-order valence-electron chi connectivity index (χ1n) is 19.1. The molecule has 0 heterocycles. The Hall–Kier alpha value is -4.69. The average Bonchev–Trinajstić information content (AvgIpc) is 3.35. The zero-order chi connectivity index (χ0) is 35.4. The first-order chi connectivity index (χ1) is 24.7. The number of hydrogen-bond donors (Lipinski definition) is 0. The van der Waals surface area contributed by atoms with Gasteiger partial charge in [-0.1, -0.05) is 111 Å². The van der Waals surface area contributed by atoms with Crippen LogP contribution < -0.4 is 4.90 Å².